The summed E-state index contributed by atoms with van der Waals surface area (Å²) in [5.41, 5.74) is 1.07. The van der Waals surface area contributed by atoms with E-state index in [2.05, 4.69) is 27.0 Å². The molecule has 0 bridgehead atoms. The van der Waals surface area contributed by atoms with Crippen LogP contribution in [0.3, 0.4) is 0 Å². The second kappa shape index (κ2) is 3.62. The summed E-state index contributed by atoms with van der Waals surface area (Å²) < 4.78 is 0.887. The molecule has 0 radical (unpaired) electrons. The predicted molar refractivity (Wildman–Crippen MR) is 57.9 cm³/mol. The summed E-state index contributed by atoms with van der Waals surface area (Å²) in [6.45, 7) is 0. The van der Waals surface area contributed by atoms with E-state index in [0.717, 1.165) is 22.9 Å². The van der Waals surface area contributed by atoms with E-state index in [1.54, 1.807) is 18.2 Å². The van der Waals surface area contributed by atoms with Gasteiger partial charge in [-0.05, 0) is 36.6 Å². The zero-order chi connectivity index (χ0) is 10.9. The number of hydrogen-bond donors (Lipinski definition) is 0. The van der Waals surface area contributed by atoms with Crippen molar-refractivity contribution in [1.82, 2.24) is 0 Å². The molecule has 1 aromatic rings. The van der Waals surface area contributed by atoms with Crippen LogP contribution in [0, 0.1) is 11.3 Å². The van der Waals surface area contributed by atoms with Gasteiger partial charge in [0.15, 0.2) is 0 Å². The minimum atomic E-state index is -0.423. The molecule has 0 unspecified atom stereocenters. The molecule has 0 spiro atoms. The highest BCUT2D eigenvalue weighted by molar-refractivity contribution is 9.10. The standard InChI is InChI=1S/C11H7BrN2O/c12-10-2-1-8(6-13)5-9(10)11(3-4-11)14-7-15/h1-2,5H,3-4H2. The van der Waals surface area contributed by atoms with Crippen LogP contribution in [-0.4, -0.2) is 6.08 Å². The van der Waals surface area contributed by atoms with Gasteiger partial charge in [-0.2, -0.15) is 10.3 Å². The third kappa shape index (κ3) is 1.72. The van der Waals surface area contributed by atoms with Crippen molar-refractivity contribution >= 4 is 22.0 Å². The molecule has 74 valence electrons. The van der Waals surface area contributed by atoms with Crippen molar-refractivity contribution in [3.63, 3.8) is 0 Å². The number of aliphatic imine (C=N–C) groups is 1. The van der Waals surface area contributed by atoms with Crippen LogP contribution in [0.25, 0.3) is 0 Å². The lowest BCUT2D eigenvalue weighted by Crippen LogP contribution is -2.03. The van der Waals surface area contributed by atoms with Crippen molar-refractivity contribution in [2.24, 2.45) is 4.99 Å². The first kappa shape index (κ1) is 10.1. The van der Waals surface area contributed by atoms with E-state index in [-0.39, 0.29) is 0 Å². The normalized spacial score (nSPS) is 16.3. The largest absolute Gasteiger partial charge is 0.235 e. The molecule has 0 saturated heterocycles. The number of benzene rings is 1. The molecule has 1 saturated carbocycles. The van der Waals surface area contributed by atoms with Gasteiger partial charge >= 0.3 is 0 Å². The van der Waals surface area contributed by atoms with Gasteiger partial charge in [-0.3, -0.25) is 0 Å². The highest BCUT2D eigenvalue weighted by atomic mass is 79.9. The molecule has 0 atom stereocenters. The molecule has 1 fully saturated rings. The Bertz CT molecular complexity index is 494. The SMILES string of the molecule is N#Cc1ccc(Br)c(C2(N=C=O)CC2)c1. The first-order valence-corrected chi connectivity index (χ1v) is 5.30. The summed E-state index contributed by atoms with van der Waals surface area (Å²) >= 11 is 3.41. The van der Waals surface area contributed by atoms with Crippen LogP contribution >= 0.6 is 15.9 Å². The maximum absolute atomic E-state index is 10.3. The van der Waals surface area contributed by atoms with E-state index in [1.165, 1.54) is 0 Å². The molecule has 1 aromatic carbocycles. The van der Waals surface area contributed by atoms with Gasteiger partial charge in [0.2, 0.25) is 6.08 Å². The van der Waals surface area contributed by atoms with Gasteiger partial charge in [0.05, 0.1) is 17.2 Å². The molecular formula is C11H7BrN2O. The number of halogens is 1. The average Bonchev–Trinajstić information content (AvgIpc) is 3.00. The van der Waals surface area contributed by atoms with E-state index in [1.807, 2.05) is 6.07 Å². The van der Waals surface area contributed by atoms with Gasteiger partial charge in [-0.15, -0.1) is 0 Å². The molecule has 1 aliphatic carbocycles. The van der Waals surface area contributed by atoms with E-state index in [4.69, 9.17) is 5.26 Å². The van der Waals surface area contributed by atoms with Crippen molar-refractivity contribution < 1.29 is 4.79 Å². The topological polar surface area (TPSA) is 53.2 Å². The Morgan fingerprint density at radius 3 is 2.73 bits per heavy atom. The molecule has 0 amide bonds. The van der Waals surface area contributed by atoms with Crippen LogP contribution in [0.5, 0.6) is 0 Å². The summed E-state index contributed by atoms with van der Waals surface area (Å²) in [7, 11) is 0. The van der Waals surface area contributed by atoms with Crippen molar-refractivity contribution in [3.8, 4) is 6.07 Å². The molecule has 1 aliphatic rings. The molecule has 0 heterocycles. The van der Waals surface area contributed by atoms with Crippen molar-refractivity contribution in [3.05, 3.63) is 33.8 Å². The van der Waals surface area contributed by atoms with Gasteiger partial charge in [0.1, 0.15) is 0 Å². The molecule has 0 aliphatic heterocycles. The van der Waals surface area contributed by atoms with Crippen LogP contribution in [0.1, 0.15) is 24.0 Å². The lowest BCUT2D eigenvalue weighted by atomic mass is 10.0. The van der Waals surface area contributed by atoms with Crippen molar-refractivity contribution in [2.75, 3.05) is 0 Å². The van der Waals surface area contributed by atoms with Gasteiger partial charge in [-0.25, -0.2) is 4.79 Å². The zero-order valence-corrected chi connectivity index (χ0v) is 9.41. The van der Waals surface area contributed by atoms with Gasteiger partial charge < -0.3 is 0 Å². The number of isocyanates is 1. The fraction of sp³-hybridized carbons (Fsp3) is 0.273. The maximum Gasteiger partial charge on any atom is 0.235 e. The molecule has 0 aromatic heterocycles. The number of rotatable bonds is 2. The Balaban J connectivity index is 2.53. The highest BCUT2D eigenvalue weighted by Crippen LogP contribution is 2.51. The van der Waals surface area contributed by atoms with Crippen LogP contribution in [-0.2, 0) is 10.3 Å². The summed E-state index contributed by atoms with van der Waals surface area (Å²) in [6.07, 6.45) is 3.29. The smallest absolute Gasteiger partial charge is 0.211 e. The van der Waals surface area contributed by atoms with Crippen LogP contribution in [0.15, 0.2) is 27.7 Å². The van der Waals surface area contributed by atoms with Gasteiger partial charge in [-0.1, -0.05) is 15.9 Å². The van der Waals surface area contributed by atoms with Gasteiger partial charge in [0, 0.05) is 4.47 Å². The van der Waals surface area contributed by atoms with E-state index in [9.17, 15) is 4.79 Å². The Kier molecular flexibility index (Phi) is 2.44. The van der Waals surface area contributed by atoms with E-state index >= 15 is 0 Å². The Labute approximate surface area is 95.6 Å². The minimum Gasteiger partial charge on any atom is -0.211 e. The van der Waals surface area contributed by atoms with Crippen molar-refractivity contribution in [1.29, 1.82) is 5.26 Å². The van der Waals surface area contributed by atoms with Crippen LogP contribution in [0.2, 0.25) is 0 Å². The molecule has 3 nitrogen and oxygen atoms in total. The fourth-order valence-electron chi connectivity index (χ4n) is 1.60. The first-order valence-electron chi connectivity index (χ1n) is 4.51. The van der Waals surface area contributed by atoms with Crippen LogP contribution < -0.4 is 0 Å². The summed E-state index contributed by atoms with van der Waals surface area (Å²) in [5.74, 6) is 0. The average molecular weight is 263 g/mol. The predicted octanol–water partition coefficient (Wildman–Crippen LogP) is 2.65. The van der Waals surface area contributed by atoms with Crippen LogP contribution in [0.4, 0.5) is 0 Å². The lowest BCUT2D eigenvalue weighted by molar-refractivity contribution is 0.556. The Morgan fingerprint density at radius 1 is 1.47 bits per heavy atom. The molecule has 15 heavy (non-hydrogen) atoms. The third-order valence-corrected chi connectivity index (χ3v) is 3.27. The Morgan fingerprint density at radius 2 is 2.20 bits per heavy atom. The number of hydrogen-bond acceptors (Lipinski definition) is 3. The molecule has 4 heteroatoms. The molecular weight excluding hydrogens is 256 g/mol. The monoisotopic (exact) mass is 262 g/mol. The van der Waals surface area contributed by atoms with E-state index < -0.39 is 5.54 Å². The molecule has 0 N–H and O–H groups in total. The summed E-state index contributed by atoms with van der Waals surface area (Å²) in [5, 5.41) is 8.80. The number of carbonyl (C=O) groups excluding carboxylic acids is 1. The molecule has 2 rings (SSSR count). The maximum atomic E-state index is 10.3. The lowest BCUT2D eigenvalue weighted by Gasteiger charge is -2.10. The van der Waals surface area contributed by atoms with E-state index in [0.29, 0.717) is 5.56 Å². The minimum absolute atomic E-state index is 0.423. The summed E-state index contributed by atoms with van der Waals surface area (Å²) in [4.78, 5) is 14.2. The second-order valence-corrected chi connectivity index (χ2v) is 4.40. The number of nitrogens with zero attached hydrogens (tertiary/aromatic N) is 2. The number of nitriles is 1. The second-order valence-electron chi connectivity index (χ2n) is 3.54. The van der Waals surface area contributed by atoms with Crippen molar-refractivity contribution in [2.45, 2.75) is 18.4 Å². The Hall–Kier alpha value is -1.43. The van der Waals surface area contributed by atoms with Gasteiger partial charge in [0.25, 0.3) is 0 Å². The third-order valence-electron chi connectivity index (χ3n) is 2.58. The zero-order valence-electron chi connectivity index (χ0n) is 7.83. The quantitative estimate of drug-likeness (QED) is 0.608. The fourth-order valence-corrected chi connectivity index (χ4v) is 2.21. The summed E-state index contributed by atoms with van der Waals surface area (Å²) in [6, 6.07) is 7.40. The first-order chi connectivity index (χ1) is 7.22. The highest BCUT2D eigenvalue weighted by Gasteiger charge is 2.46.